The number of likely N-dealkylation sites (tertiary alicyclic amines) is 2. The van der Waals surface area contributed by atoms with E-state index >= 15 is 0 Å². The third kappa shape index (κ3) is 2.48. The summed E-state index contributed by atoms with van der Waals surface area (Å²) in [6.07, 6.45) is 3.52. The molecule has 126 valence electrons. The summed E-state index contributed by atoms with van der Waals surface area (Å²) < 4.78 is 7.71. The van der Waals surface area contributed by atoms with Gasteiger partial charge in [0.1, 0.15) is 0 Å². The molecular formula is C17H26N4O2. The van der Waals surface area contributed by atoms with Gasteiger partial charge in [0.25, 0.3) is 5.91 Å². The molecule has 23 heavy (non-hydrogen) atoms. The number of rotatable bonds is 2. The van der Waals surface area contributed by atoms with Gasteiger partial charge in [-0.3, -0.25) is 14.4 Å². The van der Waals surface area contributed by atoms with E-state index in [0.717, 1.165) is 30.8 Å². The van der Waals surface area contributed by atoms with Crippen molar-refractivity contribution >= 4 is 5.91 Å². The third-order valence-corrected chi connectivity index (χ3v) is 5.52. The van der Waals surface area contributed by atoms with Gasteiger partial charge < -0.3 is 9.64 Å². The van der Waals surface area contributed by atoms with Gasteiger partial charge in [0.05, 0.1) is 17.9 Å². The summed E-state index contributed by atoms with van der Waals surface area (Å²) in [6, 6.07) is 0.558. The highest BCUT2D eigenvalue weighted by Gasteiger charge is 2.39. The van der Waals surface area contributed by atoms with Gasteiger partial charge in [-0.2, -0.15) is 5.10 Å². The molecule has 2 fully saturated rings. The summed E-state index contributed by atoms with van der Waals surface area (Å²) in [5, 5.41) is 4.53. The summed E-state index contributed by atoms with van der Waals surface area (Å²) in [6.45, 7) is 8.19. The second-order valence-corrected chi connectivity index (χ2v) is 7.24. The van der Waals surface area contributed by atoms with Crippen LogP contribution in [0.25, 0.3) is 0 Å². The molecule has 0 radical (unpaired) electrons. The molecule has 0 unspecified atom stereocenters. The molecule has 3 aliphatic rings. The van der Waals surface area contributed by atoms with Crippen LogP contribution >= 0.6 is 0 Å². The summed E-state index contributed by atoms with van der Waals surface area (Å²) in [5.74, 6) is 0.0959. The summed E-state index contributed by atoms with van der Waals surface area (Å²) in [7, 11) is 1.91. The van der Waals surface area contributed by atoms with Crippen molar-refractivity contribution < 1.29 is 9.53 Å². The Kier molecular flexibility index (Phi) is 3.69. The third-order valence-electron chi connectivity index (χ3n) is 5.52. The first kappa shape index (κ1) is 15.1. The molecule has 1 aromatic rings. The quantitative estimate of drug-likeness (QED) is 0.826. The van der Waals surface area contributed by atoms with Crippen LogP contribution in [-0.2, 0) is 18.2 Å². The molecule has 0 saturated carbocycles. The molecule has 0 spiro atoms. The Balaban J connectivity index is 1.51. The Bertz CT molecular complexity index is 614. The maximum atomic E-state index is 12.9. The van der Waals surface area contributed by atoms with Crippen molar-refractivity contribution in [3.8, 4) is 0 Å². The lowest BCUT2D eigenvalue weighted by Crippen LogP contribution is -2.60. The van der Waals surface area contributed by atoms with E-state index in [-0.39, 0.29) is 18.1 Å². The smallest absolute Gasteiger partial charge is 0.274 e. The number of amides is 1. The second kappa shape index (κ2) is 5.60. The lowest BCUT2D eigenvalue weighted by atomic mass is 9.98. The van der Waals surface area contributed by atoms with E-state index in [4.69, 9.17) is 4.74 Å². The van der Waals surface area contributed by atoms with Crippen molar-refractivity contribution in [1.29, 1.82) is 0 Å². The van der Waals surface area contributed by atoms with Crippen LogP contribution < -0.4 is 0 Å². The van der Waals surface area contributed by atoms with E-state index in [0.29, 0.717) is 11.7 Å². The molecule has 6 heteroatoms. The summed E-state index contributed by atoms with van der Waals surface area (Å²) in [4.78, 5) is 17.4. The summed E-state index contributed by atoms with van der Waals surface area (Å²) in [5.41, 5.74) is 2.79. The number of carbonyl (C=O) groups excluding carboxylic acids is 1. The van der Waals surface area contributed by atoms with Crippen molar-refractivity contribution in [2.24, 2.45) is 7.05 Å². The Morgan fingerprint density at radius 1 is 1.22 bits per heavy atom. The lowest BCUT2D eigenvalue weighted by Gasteiger charge is -2.43. The van der Waals surface area contributed by atoms with Gasteiger partial charge in [-0.05, 0) is 39.8 Å². The van der Waals surface area contributed by atoms with Gasteiger partial charge in [0, 0.05) is 38.2 Å². The average Bonchev–Trinajstić information content (AvgIpc) is 3.05. The number of aryl methyl sites for hydroxylation is 1. The molecular weight excluding hydrogens is 292 g/mol. The zero-order valence-electron chi connectivity index (χ0n) is 14.3. The van der Waals surface area contributed by atoms with Gasteiger partial charge in [-0.25, -0.2) is 0 Å². The zero-order valence-corrected chi connectivity index (χ0v) is 14.3. The number of ether oxygens (including phenoxy) is 1. The van der Waals surface area contributed by atoms with E-state index < -0.39 is 0 Å². The largest absolute Gasteiger partial charge is 0.369 e. The maximum Gasteiger partial charge on any atom is 0.274 e. The van der Waals surface area contributed by atoms with E-state index in [1.54, 1.807) is 0 Å². The van der Waals surface area contributed by atoms with Crippen LogP contribution in [0.15, 0.2) is 0 Å². The molecule has 4 rings (SSSR count). The SMILES string of the molecule is C[C@@H]1Cc2c(C(=O)N3CC(N4CCCC4)C3)nn(C)c2[C@H](C)O1. The van der Waals surface area contributed by atoms with E-state index in [1.807, 2.05) is 23.6 Å². The molecule has 0 bridgehead atoms. The highest BCUT2D eigenvalue weighted by molar-refractivity contribution is 5.94. The standard InChI is InChI=1S/C17H26N4O2/c1-11-8-14-15(18-19(3)16(14)12(2)23-11)17(22)21-9-13(10-21)20-6-4-5-7-20/h11-13H,4-10H2,1-3H3/t11-,12+/m1/s1. The molecule has 2 atom stereocenters. The minimum absolute atomic E-state index is 0.00142. The topological polar surface area (TPSA) is 50.6 Å². The highest BCUT2D eigenvalue weighted by Crippen LogP contribution is 2.33. The Labute approximate surface area is 137 Å². The fraction of sp³-hybridized carbons (Fsp3) is 0.765. The first-order chi connectivity index (χ1) is 11.0. The van der Waals surface area contributed by atoms with Crippen molar-refractivity contribution in [2.75, 3.05) is 26.2 Å². The first-order valence-corrected chi connectivity index (χ1v) is 8.79. The van der Waals surface area contributed by atoms with Crippen molar-refractivity contribution in [1.82, 2.24) is 19.6 Å². The van der Waals surface area contributed by atoms with Crippen molar-refractivity contribution in [3.63, 3.8) is 0 Å². The van der Waals surface area contributed by atoms with E-state index in [2.05, 4.69) is 16.9 Å². The minimum atomic E-state index is 0.00142. The minimum Gasteiger partial charge on any atom is -0.369 e. The number of hydrogen-bond donors (Lipinski definition) is 0. The van der Waals surface area contributed by atoms with E-state index in [1.165, 1.54) is 25.9 Å². The monoisotopic (exact) mass is 318 g/mol. The van der Waals surface area contributed by atoms with Gasteiger partial charge in [0.2, 0.25) is 0 Å². The van der Waals surface area contributed by atoms with Crippen LogP contribution in [0.3, 0.4) is 0 Å². The number of nitrogens with zero attached hydrogens (tertiary/aromatic N) is 4. The second-order valence-electron chi connectivity index (χ2n) is 7.24. The van der Waals surface area contributed by atoms with Gasteiger partial charge in [-0.15, -0.1) is 0 Å². The molecule has 1 amide bonds. The van der Waals surface area contributed by atoms with Crippen LogP contribution in [0.4, 0.5) is 0 Å². The van der Waals surface area contributed by atoms with E-state index in [9.17, 15) is 4.79 Å². The van der Waals surface area contributed by atoms with Crippen LogP contribution in [0.1, 0.15) is 54.5 Å². The predicted octanol–water partition coefficient (Wildman–Crippen LogP) is 1.36. The van der Waals surface area contributed by atoms with Gasteiger partial charge in [-0.1, -0.05) is 0 Å². The lowest BCUT2D eigenvalue weighted by molar-refractivity contribution is -0.00916. The number of aromatic nitrogens is 2. The average molecular weight is 318 g/mol. The Hall–Kier alpha value is -1.40. The maximum absolute atomic E-state index is 12.9. The zero-order chi connectivity index (χ0) is 16.1. The van der Waals surface area contributed by atoms with Gasteiger partial charge in [0.15, 0.2) is 5.69 Å². The van der Waals surface area contributed by atoms with Crippen LogP contribution in [0, 0.1) is 0 Å². The molecule has 0 aliphatic carbocycles. The van der Waals surface area contributed by atoms with Crippen molar-refractivity contribution in [3.05, 3.63) is 17.0 Å². The molecule has 1 aromatic heterocycles. The van der Waals surface area contributed by atoms with Crippen LogP contribution in [-0.4, -0.2) is 63.8 Å². The molecule has 2 saturated heterocycles. The van der Waals surface area contributed by atoms with Crippen LogP contribution in [0.5, 0.6) is 0 Å². The first-order valence-electron chi connectivity index (χ1n) is 8.79. The Morgan fingerprint density at radius 3 is 2.61 bits per heavy atom. The predicted molar refractivity (Wildman–Crippen MR) is 86.4 cm³/mol. The number of hydrogen-bond acceptors (Lipinski definition) is 4. The highest BCUT2D eigenvalue weighted by atomic mass is 16.5. The Morgan fingerprint density at radius 2 is 1.91 bits per heavy atom. The number of carbonyl (C=O) groups is 1. The normalized spacial score (nSPS) is 28.7. The molecule has 0 N–H and O–H groups in total. The molecule has 4 heterocycles. The molecule has 0 aromatic carbocycles. The van der Waals surface area contributed by atoms with Crippen LogP contribution in [0.2, 0.25) is 0 Å². The van der Waals surface area contributed by atoms with Crippen molar-refractivity contribution in [2.45, 2.75) is 51.4 Å². The van der Waals surface area contributed by atoms with Gasteiger partial charge >= 0.3 is 0 Å². The molecule has 6 nitrogen and oxygen atoms in total. The fourth-order valence-electron chi connectivity index (χ4n) is 4.32. The summed E-state index contributed by atoms with van der Waals surface area (Å²) >= 11 is 0. The number of fused-ring (bicyclic) bond motifs is 1. The fourth-order valence-corrected chi connectivity index (χ4v) is 4.32. The molecule has 3 aliphatic heterocycles.